The third kappa shape index (κ3) is 2.27. The minimum Gasteiger partial charge on any atom is -0.320 e. The molecule has 0 bridgehead atoms. The standard InChI is InChI=1S/C8H18N2/c1-9-5-3-8-4-6-10(2)7-8/h8-9H,3-7H2,1-2H3/t8-/m0/s1. The first-order valence-electron chi connectivity index (χ1n) is 4.16. The zero-order valence-electron chi connectivity index (χ0n) is 7.06. The van der Waals surface area contributed by atoms with Gasteiger partial charge >= 0.3 is 0 Å². The summed E-state index contributed by atoms with van der Waals surface area (Å²) in [7, 11) is 4.23. The zero-order valence-corrected chi connectivity index (χ0v) is 7.06. The monoisotopic (exact) mass is 142 g/mol. The molecule has 1 aliphatic rings. The number of nitrogens with zero attached hydrogens (tertiary/aromatic N) is 1. The summed E-state index contributed by atoms with van der Waals surface area (Å²) in [6.07, 6.45) is 2.75. The first kappa shape index (κ1) is 8.02. The van der Waals surface area contributed by atoms with Crippen molar-refractivity contribution in [3.8, 4) is 0 Å². The Balaban J connectivity index is 2.06. The largest absolute Gasteiger partial charge is 0.320 e. The van der Waals surface area contributed by atoms with E-state index in [0.29, 0.717) is 0 Å². The molecule has 1 rings (SSSR count). The molecule has 0 saturated carbocycles. The molecule has 1 heterocycles. The van der Waals surface area contributed by atoms with Gasteiger partial charge in [-0.25, -0.2) is 0 Å². The lowest BCUT2D eigenvalue weighted by Gasteiger charge is -2.08. The van der Waals surface area contributed by atoms with Crippen molar-refractivity contribution in [3.63, 3.8) is 0 Å². The summed E-state index contributed by atoms with van der Waals surface area (Å²) in [6, 6.07) is 0. The van der Waals surface area contributed by atoms with E-state index in [4.69, 9.17) is 0 Å². The molecule has 0 amide bonds. The fourth-order valence-electron chi connectivity index (χ4n) is 1.61. The number of likely N-dealkylation sites (tertiary alicyclic amines) is 1. The van der Waals surface area contributed by atoms with E-state index in [-0.39, 0.29) is 0 Å². The Bertz CT molecular complexity index is 93.3. The highest BCUT2D eigenvalue weighted by Gasteiger charge is 2.17. The Labute approximate surface area is 63.6 Å². The molecular formula is C8H18N2. The highest BCUT2D eigenvalue weighted by molar-refractivity contribution is 4.72. The van der Waals surface area contributed by atoms with Crippen LogP contribution in [0.1, 0.15) is 12.8 Å². The molecule has 60 valence electrons. The third-order valence-corrected chi connectivity index (χ3v) is 2.29. The van der Waals surface area contributed by atoms with Crippen molar-refractivity contribution >= 4 is 0 Å². The van der Waals surface area contributed by atoms with Crippen molar-refractivity contribution < 1.29 is 0 Å². The SMILES string of the molecule is CNCC[C@H]1CCN(C)C1. The second kappa shape index (κ2) is 3.94. The van der Waals surface area contributed by atoms with Crippen LogP contribution in [0.3, 0.4) is 0 Å². The minimum absolute atomic E-state index is 0.956. The van der Waals surface area contributed by atoms with E-state index in [9.17, 15) is 0 Å². The summed E-state index contributed by atoms with van der Waals surface area (Å²) >= 11 is 0. The molecule has 0 unspecified atom stereocenters. The molecule has 1 saturated heterocycles. The Morgan fingerprint density at radius 3 is 2.90 bits per heavy atom. The fraction of sp³-hybridized carbons (Fsp3) is 1.00. The van der Waals surface area contributed by atoms with Crippen LogP contribution in [-0.2, 0) is 0 Å². The summed E-state index contributed by atoms with van der Waals surface area (Å²) < 4.78 is 0. The van der Waals surface area contributed by atoms with Gasteiger partial charge in [0.15, 0.2) is 0 Å². The van der Waals surface area contributed by atoms with E-state index < -0.39 is 0 Å². The van der Waals surface area contributed by atoms with Gasteiger partial charge in [-0.1, -0.05) is 0 Å². The first-order valence-corrected chi connectivity index (χ1v) is 4.16. The van der Waals surface area contributed by atoms with Gasteiger partial charge in [-0.05, 0) is 45.9 Å². The van der Waals surface area contributed by atoms with Gasteiger partial charge in [0.25, 0.3) is 0 Å². The van der Waals surface area contributed by atoms with Crippen LogP contribution < -0.4 is 5.32 Å². The predicted molar refractivity (Wildman–Crippen MR) is 44.1 cm³/mol. The van der Waals surface area contributed by atoms with Crippen LogP contribution in [0.5, 0.6) is 0 Å². The van der Waals surface area contributed by atoms with E-state index in [2.05, 4.69) is 17.3 Å². The van der Waals surface area contributed by atoms with Crippen LogP contribution in [0.25, 0.3) is 0 Å². The molecule has 0 aromatic rings. The van der Waals surface area contributed by atoms with Crippen LogP contribution in [0.15, 0.2) is 0 Å². The summed E-state index contributed by atoms with van der Waals surface area (Å²) in [5.74, 6) is 0.956. The quantitative estimate of drug-likeness (QED) is 0.619. The maximum atomic E-state index is 3.19. The molecule has 1 aliphatic heterocycles. The molecule has 2 heteroatoms. The normalized spacial score (nSPS) is 27.6. The van der Waals surface area contributed by atoms with Gasteiger partial charge in [0.1, 0.15) is 0 Å². The maximum Gasteiger partial charge on any atom is 0.000756 e. The molecule has 0 spiro atoms. The number of rotatable bonds is 3. The second-order valence-electron chi connectivity index (χ2n) is 3.31. The smallest absolute Gasteiger partial charge is 0.000756 e. The molecule has 0 aromatic heterocycles. The molecule has 10 heavy (non-hydrogen) atoms. The van der Waals surface area contributed by atoms with Gasteiger partial charge in [0.05, 0.1) is 0 Å². The first-order chi connectivity index (χ1) is 4.83. The number of hydrogen-bond acceptors (Lipinski definition) is 2. The minimum atomic E-state index is 0.956. The summed E-state index contributed by atoms with van der Waals surface area (Å²) in [5, 5.41) is 3.19. The predicted octanol–water partition coefficient (Wildman–Crippen LogP) is 0.548. The van der Waals surface area contributed by atoms with Crippen LogP contribution >= 0.6 is 0 Å². The van der Waals surface area contributed by atoms with Crippen LogP contribution in [0.2, 0.25) is 0 Å². The van der Waals surface area contributed by atoms with Crippen LogP contribution in [-0.4, -0.2) is 38.6 Å². The Hall–Kier alpha value is -0.0800. The average molecular weight is 142 g/mol. The molecule has 1 fully saturated rings. The second-order valence-corrected chi connectivity index (χ2v) is 3.31. The van der Waals surface area contributed by atoms with Crippen molar-refractivity contribution in [2.24, 2.45) is 5.92 Å². The van der Waals surface area contributed by atoms with E-state index in [1.54, 1.807) is 0 Å². The van der Waals surface area contributed by atoms with Crippen molar-refractivity contribution in [1.29, 1.82) is 0 Å². The molecule has 0 aromatic carbocycles. The Kier molecular flexibility index (Phi) is 3.16. The number of nitrogens with one attached hydrogen (secondary N) is 1. The molecule has 1 N–H and O–H groups in total. The lowest BCUT2D eigenvalue weighted by molar-refractivity contribution is 0.387. The van der Waals surface area contributed by atoms with Gasteiger partial charge in [-0.2, -0.15) is 0 Å². The highest BCUT2D eigenvalue weighted by Crippen LogP contribution is 2.16. The van der Waals surface area contributed by atoms with Crippen molar-refractivity contribution in [2.75, 3.05) is 33.7 Å². The van der Waals surface area contributed by atoms with E-state index in [1.807, 2.05) is 7.05 Å². The lowest BCUT2D eigenvalue weighted by atomic mass is 10.1. The summed E-state index contributed by atoms with van der Waals surface area (Å²) in [4.78, 5) is 2.42. The average Bonchev–Trinajstić information content (AvgIpc) is 2.31. The summed E-state index contributed by atoms with van der Waals surface area (Å²) in [5.41, 5.74) is 0. The molecule has 0 radical (unpaired) electrons. The number of hydrogen-bond donors (Lipinski definition) is 1. The Morgan fingerprint density at radius 1 is 1.60 bits per heavy atom. The summed E-state index contributed by atoms with van der Waals surface area (Å²) in [6.45, 7) is 3.79. The van der Waals surface area contributed by atoms with E-state index in [0.717, 1.165) is 5.92 Å². The lowest BCUT2D eigenvalue weighted by Crippen LogP contribution is -2.17. The van der Waals surface area contributed by atoms with Gasteiger partial charge in [0, 0.05) is 6.54 Å². The van der Waals surface area contributed by atoms with Gasteiger partial charge < -0.3 is 10.2 Å². The van der Waals surface area contributed by atoms with Crippen LogP contribution in [0.4, 0.5) is 0 Å². The van der Waals surface area contributed by atoms with Gasteiger partial charge in [-0.3, -0.25) is 0 Å². The molecule has 2 nitrogen and oxygen atoms in total. The molecule has 1 atom stereocenters. The van der Waals surface area contributed by atoms with Crippen molar-refractivity contribution in [3.05, 3.63) is 0 Å². The highest BCUT2D eigenvalue weighted by atomic mass is 15.1. The Morgan fingerprint density at radius 2 is 2.40 bits per heavy atom. The molecular weight excluding hydrogens is 124 g/mol. The van der Waals surface area contributed by atoms with Crippen molar-refractivity contribution in [1.82, 2.24) is 10.2 Å². The topological polar surface area (TPSA) is 15.3 Å². The van der Waals surface area contributed by atoms with Crippen molar-refractivity contribution in [2.45, 2.75) is 12.8 Å². The third-order valence-electron chi connectivity index (χ3n) is 2.29. The van der Waals surface area contributed by atoms with Crippen LogP contribution in [0, 0.1) is 5.92 Å². The maximum absolute atomic E-state index is 3.19. The van der Waals surface area contributed by atoms with Gasteiger partial charge in [-0.15, -0.1) is 0 Å². The van der Waals surface area contributed by atoms with E-state index in [1.165, 1.54) is 32.5 Å². The zero-order chi connectivity index (χ0) is 7.40. The molecule has 0 aliphatic carbocycles. The van der Waals surface area contributed by atoms with E-state index >= 15 is 0 Å². The van der Waals surface area contributed by atoms with Gasteiger partial charge in [0.2, 0.25) is 0 Å². The fourth-order valence-corrected chi connectivity index (χ4v) is 1.61.